The second-order valence-corrected chi connectivity index (χ2v) is 3.48. The van der Waals surface area contributed by atoms with Crippen LogP contribution < -0.4 is 4.74 Å². The van der Waals surface area contributed by atoms with Crippen LogP contribution >= 0.6 is 0 Å². The van der Waals surface area contributed by atoms with Crippen molar-refractivity contribution in [3.63, 3.8) is 0 Å². The average Bonchev–Trinajstić information content (AvgIpc) is 2.36. The summed E-state index contributed by atoms with van der Waals surface area (Å²) in [6.07, 6.45) is 1.03. The van der Waals surface area contributed by atoms with Gasteiger partial charge in [-0.15, -0.1) is 0 Å². The van der Waals surface area contributed by atoms with Crippen LogP contribution in [0.1, 0.15) is 12.8 Å². The fourth-order valence-electron chi connectivity index (χ4n) is 1.23. The number of carbonyl (C=O) groups excluding carboxylic acids is 1. The Bertz CT molecular complexity index is 310. The van der Waals surface area contributed by atoms with Gasteiger partial charge in [0, 0.05) is 13.5 Å². The molecular formula is C13H18O4. The highest BCUT2D eigenvalue weighted by Crippen LogP contribution is 2.08. The van der Waals surface area contributed by atoms with E-state index in [0.29, 0.717) is 32.7 Å². The van der Waals surface area contributed by atoms with E-state index in [0.717, 1.165) is 5.75 Å². The zero-order valence-corrected chi connectivity index (χ0v) is 10.1. The van der Waals surface area contributed by atoms with Crippen LogP contribution in [0.5, 0.6) is 5.75 Å². The number of carbonyl (C=O) groups is 1. The molecule has 0 atom stereocenters. The predicted molar refractivity (Wildman–Crippen MR) is 64.0 cm³/mol. The van der Waals surface area contributed by atoms with Crippen LogP contribution in [0.2, 0.25) is 0 Å². The number of ether oxygens (including phenoxy) is 3. The van der Waals surface area contributed by atoms with E-state index in [1.54, 1.807) is 7.11 Å². The molecule has 0 fully saturated rings. The van der Waals surface area contributed by atoms with Gasteiger partial charge in [-0.3, -0.25) is 4.79 Å². The number of esters is 1. The summed E-state index contributed by atoms with van der Waals surface area (Å²) in [5, 5.41) is 0. The van der Waals surface area contributed by atoms with Crippen LogP contribution in [0, 0.1) is 0 Å². The molecule has 0 unspecified atom stereocenters. The molecule has 0 N–H and O–H groups in total. The second-order valence-electron chi connectivity index (χ2n) is 3.48. The van der Waals surface area contributed by atoms with Gasteiger partial charge in [0.15, 0.2) is 0 Å². The lowest BCUT2D eigenvalue weighted by molar-refractivity contribution is -0.145. The van der Waals surface area contributed by atoms with Crippen molar-refractivity contribution < 1.29 is 19.0 Å². The van der Waals surface area contributed by atoms with Gasteiger partial charge in [-0.05, 0) is 18.6 Å². The molecular weight excluding hydrogens is 220 g/mol. The van der Waals surface area contributed by atoms with Crippen molar-refractivity contribution in [1.29, 1.82) is 0 Å². The topological polar surface area (TPSA) is 44.8 Å². The Kier molecular flexibility index (Phi) is 6.82. The number of para-hydroxylation sites is 1. The molecule has 0 aromatic heterocycles. The summed E-state index contributed by atoms with van der Waals surface area (Å²) >= 11 is 0. The van der Waals surface area contributed by atoms with E-state index >= 15 is 0 Å². The highest BCUT2D eigenvalue weighted by Gasteiger charge is 2.02. The third-order valence-electron chi connectivity index (χ3n) is 2.09. The van der Waals surface area contributed by atoms with Crippen molar-refractivity contribution in [2.45, 2.75) is 12.8 Å². The van der Waals surface area contributed by atoms with Crippen molar-refractivity contribution in [2.75, 3.05) is 26.9 Å². The van der Waals surface area contributed by atoms with Crippen molar-refractivity contribution in [3.8, 4) is 5.75 Å². The smallest absolute Gasteiger partial charge is 0.305 e. The summed E-state index contributed by atoms with van der Waals surface area (Å²) in [6.45, 7) is 1.27. The van der Waals surface area contributed by atoms with Crippen LogP contribution in [0.4, 0.5) is 0 Å². The Morgan fingerprint density at radius 2 is 1.88 bits per heavy atom. The maximum atomic E-state index is 11.2. The maximum absolute atomic E-state index is 11.2. The molecule has 0 aliphatic heterocycles. The molecule has 0 spiro atoms. The summed E-state index contributed by atoms with van der Waals surface area (Å²) < 4.78 is 15.1. The molecule has 1 aromatic carbocycles. The monoisotopic (exact) mass is 238 g/mol. The third-order valence-corrected chi connectivity index (χ3v) is 2.09. The van der Waals surface area contributed by atoms with Gasteiger partial charge in [-0.2, -0.15) is 0 Å². The van der Waals surface area contributed by atoms with E-state index in [1.807, 2.05) is 30.3 Å². The van der Waals surface area contributed by atoms with E-state index < -0.39 is 0 Å². The average molecular weight is 238 g/mol. The molecule has 0 saturated carbocycles. The van der Waals surface area contributed by atoms with Crippen LogP contribution in [0.3, 0.4) is 0 Å². The maximum Gasteiger partial charge on any atom is 0.305 e. The molecule has 0 saturated heterocycles. The fraction of sp³-hybridized carbons (Fsp3) is 0.462. The molecule has 1 aromatic rings. The summed E-state index contributed by atoms with van der Waals surface area (Å²) in [6, 6.07) is 9.52. The Hall–Kier alpha value is -1.55. The molecule has 0 aliphatic carbocycles. The van der Waals surface area contributed by atoms with Gasteiger partial charge >= 0.3 is 5.97 Å². The lowest BCUT2D eigenvalue weighted by Crippen LogP contribution is -2.10. The van der Waals surface area contributed by atoms with Crippen LogP contribution in [-0.4, -0.2) is 32.9 Å². The Balaban J connectivity index is 2.02. The zero-order chi connectivity index (χ0) is 12.3. The second kappa shape index (κ2) is 8.58. The van der Waals surface area contributed by atoms with Gasteiger partial charge < -0.3 is 14.2 Å². The minimum Gasteiger partial charge on any atom is -0.494 e. The quantitative estimate of drug-likeness (QED) is 0.513. The molecule has 0 heterocycles. The molecule has 4 nitrogen and oxygen atoms in total. The van der Waals surface area contributed by atoms with Gasteiger partial charge in [-0.25, -0.2) is 0 Å². The number of hydrogen-bond acceptors (Lipinski definition) is 4. The third kappa shape index (κ3) is 6.58. The molecule has 17 heavy (non-hydrogen) atoms. The lowest BCUT2D eigenvalue weighted by Gasteiger charge is -2.06. The van der Waals surface area contributed by atoms with E-state index in [2.05, 4.69) is 0 Å². The number of hydrogen-bond donors (Lipinski definition) is 0. The Morgan fingerprint density at radius 3 is 2.59 bits per heavy atom. The van der Waals surface area contributed by atoms with Crippen molar-refractivity contribution in [3.05, 3.63) is 30.3 Å². The van der Waals surface area contributed by atoms with E-state index in [1.165, 1.54) is 0 Å². The van der Waals surface area contributed by atoms with Crippen LogP contribution in [-0.2, 0) is 14.3 Å². The number of methoxy groups -OCH3 is 1. The molecule has 0 radical (unpaired) electrons. The Labute approximate surface area is 101 Å². The highest BCUT2D eigenvalue weighted by molar-refractivity contribution is 5.69. The molecule has 0 aliphatic rings. The number of rotatable bonds is 8. The first-order valence-electron chi connectivity index (χ1n) is 5.65. The first kappa shape index (κ1) is 13.5. The highest BCUT2D eigenvalue weighted by atomic mass is 16.6. The van der Waals surface area contributed by atoms with Gasteiger partial charge in [0.1, 0.15) is 12.4 Å². The van der Waals surface area contributed by atoms with Gasteiger partial charge in [0.25, 0.3) is 0 Å². The van der Waals surface area contributed by atoms with Crippen molar-refractivity contribution >= 4 is 5.97 Å². The SMILES string of the molecule is COCCOC(=O)CCCOc1ccccc1. The first-order valence-corrected chi connectivity index (χ1v) is 5.65. The molecule has 1 rings (SSSR count). The van der Waals surface area contributed by atoms with E-state index in [-0.39, 0.29) is 5.97 Å². The van der Waals surface area contributed by atoms with Gasteiger partial charge in [0.2, 0.25) is 0 Å². The van der Waals surface area contributed by atoms with Gasteiger partial charge in [-0.1, -0.05) is 18.2 Å². The minimum absolute atomic E-state index is 0.210. The first-order chi connectivity index (χ1) is 8.33. The standard InChI is InChI=1S/C13H18O4/c1-15-10-11-17-13(14)8-5-9-16-12-6-3-2-4-7-12/h2-4,6-7H,5,8-11H2,1H3. The van der Waals surface area contributed by atoms with E-state index in [4.69, 9.17) is 14.2 Å². The van der Waals surface area contributed by atoms with Crippen LogP contribution in [0.15, 0.2) is 30.3 Å². The lowest BCUT2D eigenvalue weighted by atomic mass is 10.3. The fourth-order valence-corrected chi connectivity index (χ4v) is 1.23. The molecule has 0 bridgehead atoms. The summed E-state index contributed by atoms with van der Waals surface area (Å²) in [4.78, 5) is 11.2. The molecule has 94 valence electrons. The minimum atomic E-state index is -0.210. The van der Waals surface area contributed by atoms with Gasteiger partial charge in [0.05, 0.1) is 13.2 Å². The molecule has 0 amide bonds. The summed E-state index contributed by atoms with van der Waals surface area (Å²) in [5.74, 6) is 0.610. The number of benzene rings is 1. The summed E-state index contributed by atoms with van der Waals surface area (Å²) in [7, 11) is 1.57. The normalized spacial score (nSPS) is 9.94. The Morgan fingerprint density at radius 1 is 1.12 bits per heavy atom. The predicted octanol–water partition coefficient (Wildman–Crippen LogP) is 2.04. The van der Waals surface area contributed by atoms with Crippen molar-refractivity contribution in [2.24, 2.45) is 0 Å². The zero-order valence-electron chi connectivity index (χ0n) is 10.1. The summed E-state index contributed by atoms with van der Waals surface area (Å²) in [5.41, 5.74) is 0. The molecule has 4 heteroatoms. The van der Waals surface area contributed by atoms with Crippen molar-refractivity contribution in [1.82, 2.24) is 0 Å². The van der Waals surface area contributed by atoms with E-state index in [9.17, 15) is 4.79 Å². The van der Waals surface area contributed by atoms with Crippen LogP contribution in [0.25, 0.3) is 0 Å². The largest absolute Gasteiger partial charge is 0.494 e.